The van der Waals surface area contributed by atoms with Crippen LogP contribution in [-0.2, 0) is 36.9 Å². The zero-order chi connectivity index (χ0) is 24.9. The van der Waals surface area contributed by atoms with Crippen molar-refractivity contribution in [3.63, 3.8) is 0 Å². The highest BCUT2D eigenvalue weighted by molar-refractivity contribution is 5.89. The van der Waals surface area contributed by atoms with Gasteiger partial charge >= 0.3 is 12.1 Å². The summed E-state index contributed by atoms with van der Waals surface area (Å²) >= 11 is 0. The smallest absolute Gasteiger partial charge is 0.408 e. The van der Waals surface area contributed by atoms with Crippen molar-refractivity contribution >= 4 is 23.8 Å². The lowest BCUT2D eigenvalue weighted by molar-refractivity contribution is -0.152. The number of rotatable bonds is 12. The molecule has 0 spiro atoms. The van der Waals surface area contributed by atoms with E-state index in [-0.39, 0.29) is 18.3 Å². The van der Waals surface area contributed by atoms with Crippen molar-refractivity contribution in [1.29, 1.82) is 0 Å². The molecule has 2 rings (SSSR count). The van der Waals surface area contributed by atoms with E-state index in [0.29, 0.717) is 12.8 Å². The number of esters is 1. The van der Waals surface area contributed by atoms with Crippen LogP contribution in [0.1, 0.15) is 38.3 Å². The van der Waals surface area contributed by atoms with Gasteiger partial charge in [0, 0.05) is 0 Å². The van der Waals surface area contributed by atoms with Crippen molar-refractivity contribution in [2.45, 2.75) is 52.3 Å². The number of nitrogens with one attached hydrogen (secondary N) is 2. The van der Waals surface area contributed by atoms with Crippen molar-refractivity contribution < 1.29 is 28.7 Å². The number of hydrogen-bond donors (Lipinski definition) is 2. The van der Waals surface area contributed by atoms with Gasteiger partial charge in [-0.25, -0.2) is 9.59 Å². The first-order valence-corrected chi connectivity index (χ1v) is 11.3. The minimum atomic E-state index is -0.978. The summed E-state index contributed by atoms with van der Waals surface area (Å²) in [6, 6.07) is 16.7. The van der Waals surface area contributed by atoms with Crippen LogP contribution in [0.4, 0.5) is 4.79 Å². The standard InChI is InChI=1S/C26H32N2O6/c1-4-18(2)24(28-26(32)34-16-21-13-9-6-10-14-21)25(31)33-17-23(30)27-22(19(3)29)15-20-11-7-5-8-12-20/h5-14,18,22,24H,4,15-17H2,1-3H3,(H,27,30)(H,28,32)/t18-,22+,24+/m0/s1. The quantitative estimate of drug-likeness (QED) is 0.463. The zero-order valence-corrected chi connectivity index (χ0v) is 19.8. The fourth-order valence-corrected chi connectivity index (χ4v) is 3.17. The number of benzene rings is 2. The summed E-state index contributed by atoms with van der Waals surface area (Å²) in [4.78, 5) is 49.2. The maximum atomic E-state index is 12.6. The van der Waals surface area contributed by atoms with E-state index in [1.807, 2.05) is 67.6 Å². The highest BCUT2D eigenvalue weighted by Crippen LogP contribution is 2.11. The molecule has 34 heavy (non-hydrogen) atoms. The van der Waals surface area contributed by atoms with E-state index in [1.54, 1.807) is 6.92 Å². The summed E-state index contributed by atoms with van der Waals surface area (Å²) in [6.45, 7) is 4.55. The lowest BCUT2D eigenvalue weighted by Crippen LogP contribution is -2.48. The van der Waals surface area contributed by atoms with Crippen LogP contribution in [0.25, 0.3) is 0 Å². The van der Waals surface area contributed by atoms with Gasteiger partial charge in [-0.2, -0.15) is 0 Å². The van der Waals surface area contributed by atoms with Gasteiger partial charge in [0.2, 0.25) is 0 Å². The van der Waals surface area contributed by atoms with E-state index in [0.717, 1.165) is 11.1 Å². The molecule has 8 nitrogen and oxygen atoms in total. The van der Waals surface area contributed by atoms with Crippen LogP contribution in [0.15, 0.2) is 60.7 Å². The first kappa shape index (κ1) is 26.6. The molecule has 2 amide bonds. The van der Waals surface area contributed by atoms with Crippen LogP contribution in [0, 0.1) is 5.92 Å². The lowest BCUT2D eigenvalue weighted by atomic mass is 9.99. The zero-order valence-electron chi connectivity index (χ0n) is 19.8. The minimum absolute atomic E-state index is 0.0607. The van der Waals surface area contributed by atoms with E-state index in [9.17, 15) is 19.2 Å². The molecule has 0 radical (unpaired) electrons. The second-order valence-corrected chi connectivity index (χ2v) is 8.10. The fourth-order valence-electron chi connectivity index (χ4n) is 3.17. The Morgan fingerprint density at radius 3 is 2.00 bits per heavy atom. The Bertz CT molecular complexity index is 948. The number of alkyl carbamates (subject to hydrolysis) is 1. The summed E-state index contributed by atoms with van der Waals surface area (Å²) in [7, 11) is 0. The average molecular weight is 469 g/mol. The normalized spacial score (nSPS) is 13.1. The molecule has 2 aromatic rings. The van der Waals surface area contributed by atoms with Gasteiger partial charge < -0.3 is 20.1 Å². The first-order chi connectivity index (χ1) is 16.3. The summed E-state index contributed by atoms with van der Waals surface area (Å²) in [5, 5.41) is 5.14. The van der Waals surface area contributed by atoms with Crippen molar-refractivity contribution in [3.8, 4) is 0 Å². The van der Waals surface area contributed by atoms with Crippen LogP contribution in [0.2, 0.25) is 0 Å². The summed E-state index contributed by atoms with van der Waals surface area (Å²) in [5.41, 5.74) is 1.71. The summed E-state index contributed by atoms with van der Waals surface area (Å²) in [5.74, 6) is -1.80. The Hall–Kier alpha value is -3.68. The van der Waals surface area contributed by atoms with E-state index >= 15 is 0 Å². The molecule has 0 heterocycles. The molecule has 0 fully saturated rings. The van der Waals surface area contributed by atoms with E-state index in [2.05, 4.69) is 10.6 Å². The lowest BCUT2D eigenvalue weighted by Gasteiger charge is -2.22. The predicted molar refractivity (Wildman–Crippen MR) is 127 cm³/mol. The fraction of sp³-hybridized carbons (Fsp3) is 0.385. The Labute approximate surface area is 200 Å². The molecule has 0 unspecified atom stereocenters. The number of hydrogen-bond acceptors (Lipinski definition) is 6. The highest BCUT2D eigenvalue weighted by atomic mass is 16.6. The van der Waals surface area contributed by atoms with Crippen molar-refractivity contribution in [1.82, 2.24) is 10.6 Å². The van der Waals surface area contributed by atoms with Crippen molar-refractivity contribution in [2.24, 2.45) is 5.92 Å². The SMILES string of the molecule is CC[C@H](C)[C@@H](NC(=O)OCc1ccccc1)C(=O)OCC(=O)N[C@H](Cc1ccccc1)C(C)=O. The van der Waals surface area contributed by atoms with Gasteiger partial charge in [0.15, 0.2) is 12.4 Å². The first-order valence-electron chi connectivity index (χ1n) is 11.3. The molecule has 0 bridgehead atoms. The van der Waals surface area contributed by atoms with Crippen LogP contribution in [-0.4, -0.2) is 42.4 Å². The number of carbonyl (C=O) groups excluding carboxylic acids is 4. The van der Waals surface area contributed by atoms with Gasteiger partial charge in [-0.1, -0.05) is 80.9 Å². The number of Topliss-reactive ketones (excluding diaryl/α,β-unsaturated/α-hetero) is 1. The highest BCUT2D eigenvalue weighted by Gasteiger charge is 2.29. The van der Waals surface area contributed by atoms with Crippen LogP contribution in [0.3, 0.4) is 0 Å². The maximum Gasteiger partial charge on any atom is 0.408 e. The second-order valence-electron chi connectivity index (χ2n) is 8.10. The Balaban J connectivity index is 1.88. The maximum absolute atomic E-state index is 12.6. The molecular weight excluding hydrogens is 436 g/mol. The molecule has 0 saturated heterocycles. The van der Waals surface area contributed by atoms with Crippen LogP contribution < -0.4 is 10.6 Å². The van der Waals surface area contributed by atoms with Crippen molar-refractivity contribution in [3.05, 3.63) is 71.8 Å². The monoisotopic (exact) mass is 468 g/mol. The predicted octanol–water partition coefficient (Wildman–Crippen LogP) is 3.19. The largest absolute Gasteiger partial charge is 0.454 e. The third-order valence-electron chi connectivity index (χ3n) is 5.41. The van der Waals surface area contributed by atoms with E-state index in [4.69, 9.17) is 9.47 Å². The van der Waals surface area contributed by atoms with Gasteiger partial charge in [-0.15, -0.1) is 0 Å². The van der Waals surface area contributed by atoms with Gasteiger partial charge in [0.1, 0.15) is 12.6 Å². The molecular formula is C26H32N2O6. The molecule has 0 aliphatic rings. The number of carbonyl (C=O) groups is 4. The van der Waals surface area contributed by atoms with E-state index in [1.165, 1.54) is 6.92 Å². The van der Waals surface area contributed by atoms with Gasteiger partial charge in [0.05, 0.1) is 6.04 Å². The summed E-state index contributed by atoms with van der Waals surface area (Å²) < 4.78 is 10.3. The Kier molecular flexibility index (Phi) is 10.8. The molecule has 182 valence electrons. The van der Waals surface area contributed by atoms with Crippen LogP contribution >= 0.6 is 0 Å². The third-order valence-corrected chi connectivity index (χ3v) is 5.41. The second kappa shape index (κ2) is 13.8. The molecule has 8 heteroatoms. The van der Waals surface area contributed by atoms with Gasteiger partial charge in [-0.05, 0) is 30.4 Å². The molecule has 2 aromatic carbocycles. The molecule has 0 aliphatic carbocycles. The average Bonchev–Trinajstić information content (AvgIpc) is 2.85. The minimum Gasteiger partial charge on any atom is -0.454 e. The molecule has 2 N–H and O–H groups in total. The number of ketones is 1. The third kappa shape index (κ3) is 9.05. The van der Waals surface area contributed by atoms with E-state index < -0.39 is 36.7 Å². The number of amides is 2. The Morgan fingerprint density at radius 1 is 0.853 bits per heavy atom. The van der Waals surface area contributed by atoms with Gasteiger partial charge in [0.25, 0.3) is 5.91 Å². The molecule has 3 atom stereocenters. The Morgan fingerprint density at radius 2 is 1.44 bits per heavy atom. The topological polar surface area (TPSA) is 111 Å². The molecule has 0 aliphatic heterocycles. The number of ether oxygens (including phenoxy) is 2. The van der Waals surface area contributed by atoms with Gasteiger partial charge in [-0.3, -0.25) is 9.59 Å². The van der Waals surface area contributed by atoms with Crippen molar-refractivity contribution in [2.75, 3.05) is 6.61 Å². The molecule has 0 saturated carbocycles. The van der Waals surface area contributed by atoms with Crippen LogP contribution in [0.5, 0.6) is 0 Å². The summed E-state index contributed by atoms with van der Waals surface area (Å²) in [6.07, 6.45) is 0.171. The molecule has 0 aromatic heterocycles.